The summed E-state index contributed by atoms with van der Waals surface area (Å²) in [6.07, 6.45) is 3.03. The molecule has 1 heterocycles. The van der Waals surface area contributed by atoms with Gasteiger partial charge in [-0.3, -0.25) is 9.59 Å². The molecule has 0 atom stereocenters. The second kappa shape index (κ2) is 6.90. The van der Waals surface area contributed by atoms with E-state index in [1.165, 1.54) is 6.26 Å². The highest BCUT2D eigenvalue weighted by Gasteiger charge is 2.13. The van der Waals surface area contributed by atoms with Crippen LogP contribution in [0.5, 0.6) is 0 Å². The van der Waals surface area contributed by atoms with Gasteiger partial charge < -0.3 is 15.1 Å². The summed E-state index contributed by atoms with van der Waals surface area (Å²) in [7, 11) is 0. The van der Waals surface area contributed by atoms with Crippen molar-refractivity contribution in [3.8, 4) is 0 Å². The van der Waals surface area contributed by atoms with Crippen molar-refractivity contribution in [2.45, 2.75) is 0 Å². The van der Waals surface area contributed by atoms with Crippen molar-refractivity contribution < 1.29 is 14.0 Å². The predicted octanol–water partition coefficient (Wildman–Crippen LogP) is 3.21. The monoisotopic (exact) mass is 348 g/mol. The molecular weight excluding hydrogens is 336 g/mol. The molecule has 0 bridgehead atoms. The lowest BCUT2D eigenvalue weighted by Gasteiger charge is -2.06. The topological polar surface area (TPSA) is 71.3 Å². The number of carbonyl (C=O) groups is 2. The maximum absolute atomic E-state index is 12.0. The van der Waals surface area contributed by atoms with Crippen molar-refractivity contribution in [2.24, 2.45) is 0 Å². The summed E-state index contributed by atoms with van der Waals surface area (Å²) >= 11 is 3.15. The van der Waals surface area contributed by atoms with E-state index in [1.807, 2.05) is 0 Å². The standard InChI is InChI=1S/C15H13BrN2O3/c1-2-8-17-14(19)10-3-5-11(6-4-10)18-15(20)12-7-9-21-13(12)16/h2-7,9H,1,8H2,(H,17,19)(H,18,20). The molecule has 5 nitrogen and oxygen atoms in total. The van der Waals surface area contributed by atoms with E-state index in [1.54, 1.807) is 36.4 Å². The molecule has 0 aliphatic rings. The first-order chi connectivity index (χ1) is 10.1. The summed E-state index contributed by atoms with van der Waals surface area (Å²) in [4.78, 5) is 23.7. The molecule has 6 heteroatoms. The summed E-state index contributed by atoms with van der Waals surface area (Å²) in [5, 5.41) is 5.39. The van der Waals surface area contributed by atoms with Gasteiger partial charge in [0.05, 0.1) is 11.8 Å². The smallest absolute Gasteiger partial charge is 0.260 e. The van der Waals surface area contributed by atoms with E-state index in [-0.39, 0.29) is 11.8 Å². The second-order valence-corrected chi connectivity index (χ2v) is 4.86. The van der Waals surface area contributed by atoms with Crippen molar-refractivity contribution >= 4 is 33.4 Å². The average Bonchev–Trinajstić information content (AvgIpc) is 2.91. The first-order valence-corrected chi connectivity index (χ1v) is 6.94. The van der Waals surface area contributed by atoms with Gasteiger partial charge in [-0.25, -0.2) is 0 Å². The molecule has 0 aliphatic carbocycles. The molecule has 0 fully saturated rings. The minimum absolute atomic E-state index is 0.189. The van der Waals surface area contributed by atoms with Gasteiger partial charge in [-0.2, -0.15) is 0 Å². The number of hydrogen-bond acceptors (Lipinski definition) is 3. The Balaban J connectivity index is 2.02. The van der Waals surface area contributed by atoms with Gasteiger partial charge in [-0.1, -0.05) is 6.08 Å². The second-order valence-electron chi connectivity index (χ2n) is 4.14. The number of amides is 2. The lowest BCUT2D eigenvalue weighted by atomic mass is 10.2. The highest BCUT2D eigenvalue weighted by Crippen LogP contribution is 2.19. The molecule has 1 aromatic heterocycles. The van der Waals surface area contributed by atoms with Crippen LogP contribution in [0.25, 0.3) is 0 Å². The van der Waals surface area contributed by atoms with Gasteiger partial charge in [-0.15, -0.1) is 6.58 Å². The first kappa shape index (κ1) is 15.1. The van der Waals surface area contributed by atoms with Crippen molar-refractivity contribution in [2.75, 3.05) is 11.9 Å². The quantitative estimate of drug-likeness (QED) is 0.815. The van der Waals surface area contributed by atoms with E-state index in [0.29, 0.717) is 28.0 Å². The average molecular weight is 349 g/mol. The highest BCUT2D eigenvalue weighted by atomic mass is 79.9. The zero-order valence-electron chi connectivity index (χ0n) is 11.1. The van der Waals surface area contributed by atoms with Gasteiger partial charge in [0, 0.05) is 17.8 Å². The Bertz CT molecular complexity index is 662. The number of benzene rings is 1. The maximum Gasteiger partial charge on any atom is 0.260 e. The first-order valence-electron chi connectivity index (χ1n) is 6.15. The normalized spacial score (nSPS) is 9.95. The van der Waals surface area contributed by atoms with Crippen LogP contribution in [0, 0.1) is 0 Å². The molecule has 2 amide bonds. The van der Waals surface area contributed by atoms with Crippen LogP contribution in [-0.4, -0.2) is 18.4 Å². The Labute approximate surface area is 130 Å². The van der Waals surface area contributed by atoms with Crippen LogP contribution >= 0.6 is 15.9 Å². The van der Waals surface area contributed by atoms with Crippen LogP contribution in [0.2, 0.25) is 0 Å². The van der Waals surface area contributed by atoms with Gasteiger partial charge in [0.15, 0.2) is 4.67 Å². The van der Waals surface area contributed by atoms with Gasteiger partial charge in [0.25, 0.3) is 11.8 Å². The van der Waals surface area contributed by atoms with Crippen molar-refractivity contribution in [3.63, 3.8) is 0 Å². The number of carbonyl (C=O) groups excluding carboxylic acids is 2. The van der Waals surface area contributed by atoms with Crippen LogP contribution in [0.15, 0.2) is 58.3 Å². The third-order valence-corrected chi connectivity index (χ3v) is 3.29. The van der Waals surface area contributed by atoms with E-state index >= 15 is 0 Å². The molecule has 2 rings (SSSR count). The summed E-state index contributed by atoms with van der Waals surface area (Å²) in [5.41, 5.74) is 1.51. The lowest BCUT2D eigenvalue weighted by molar-refractivity contribution is 0.0957. The number of furan rings is 1. The van der Waals surface area contributed by atoms with E-state index in [9.17, 15) is 9.59 Å². The minimum Gasteiger partial charge on any atom is -0.457 e. The Morgan fingerprint density at radius 2 is 1.90 bits per heavy atom. The summed E-state index contributed by atoms with van der Waals surface area (Å²) < 4.78 is 5.38. The molecule has 21 heavy (non-hydrogen) atoms. The summed E-state index contributed by atoms with van der Waals surface area (Å²) in [6, 6.07) is 8.16. The van der Waals surface area contributed by atoms with Crippen LogP contribution < -0.4 is 10.6 Å². The molecule has 0 aliphatic heterocycles. The van der Waals surface area contributed by atoms with E-state index in [0.717, 1.165) is 0 Å². The number of anilines is 1. The molecule has 2 N–H and O–H groups in total. The third kappa shape index (κ3) is 3.82. The summed E-state index contributed by atoms with van der Waals surface area (Å²) in [5.74, 6) is -0.482. The van der Waals surface area contributed by atoms with Crippen LogP contribution in [0.4, 0.5) is 5.69 Å². The van der Waals surface area contributed by atoms with Gasteiger partial charge in [0.1, 0.15) is 0 Å². The molecular formula is C15H13BrN2O3. The molecule has 0 radical (unpaired) electrons. The zero-order chi connectivity index (χ0) is 15.2. The molecule has 0 spiro atoms. The van der Waals surface area contributed by atoms with E-state index in [2.05, 4.69) is 33.1 Å². The van der Waals surface area contributed by atoms with Crippen LogP contribution in [0.1, 0.15) is 20.7 Å². The fraction of sp³-hybridized carbons (Fsp3) is 0.0667. The highest BCUT2D eigenvalue weighted by molar-refractivity contribution is 9.10. The third-order valence-electron chi connectivity index (χ3n) is 2.67. The Hall–Kier alpha value is -2.34. The van der Waals surface area contributed by atoms with Crippen molar-refractivity contribution in [3.05, 3.63) is 65.0 Å². The largest absolute Gasteiger partial charge is 0.457 e. The molecule has 0 saturated carbocycles. The van der Waals surface area contributed by atoms with Crippen molar-refractivity contribution in [1.29, 1.82) is 0 Å². The SMILES string of the molecule is C=CCNC(=O)c1ccc(NC(=O)c2ccoc2Br)cc1. The molecule has 1 aromatic carbocycles. The van der Waals surface area contributed by atoms with Gasteiger partial charge in [0.2, 0.25) is 0 Å². The van der Waals surface area contributed by atoms with Gasteiger partial charge >= 0.3 is 0 Å². The van der Waals surface area contributed by atoms with E-state index < -0.39 is 0 Å². The Kier molecular flexibility index (Phi) is 4.94. The number of halogens is 1. The maximum atomic E-state index is 12.0. The molecule has 2 aromatic rings. The number of nitrogens with one attached hydrogen (secondary N) is 2. The molecule has 0 unspecified atom stereocenters. The van der Waals surface area contributed by atoms with Crippen molar-refractivity contribution in [1.82, 2.24) is 5.32 Å². The molecule has 0 saturated heterocycles. The minimum atomic E-state index is -0.292. The van der Waals surface area contributed by atoms with Gasteiger partial charge in [-0.05, 0) is 46.3 Å². The van der Waals surface area contributed by atoms with E-state index in [4.69, 9.17) is 4.42 Å². The Morgan fingerprint density at radius 1 is 1.19 bits per heavy atom. The van der Waals surface area contributed by atoms with Crippen LogP contribution in [-0.2, 0) is 0 Å². The zero-order valence-corrected chi connectivity index (χ0v) is 12.6. The molecule has 108 valence electrons. The lowest BCUT2D eigenvalue weighted by Crippen LogP contribution is -2.23. The Morgan fingerprint density at radius 3 is 2.48 bits per heavy atom. The fourth-order valence-electron chi connectivity index (χ4n) is 1.63. The summed E-state index contributed by atoms with van der Waals surface area (Å²) in [6.45, 7) is 3.94. The number of rotatable bonds is 5. The van der Waals surface area contributed by atoms with Crippen LogP contribution in [0.3, 0.4) is 0 Å². The predicted molar refractivity (Wildman–Crippen MR) is 83.3 cm³/mol. The fourth-order valence-corrected chi connectivity index (χ4v) is 2.05. The number of hydrogen-bond donors (Lipinski definition) is 2.